The number of aromatic carboxylic acids is 1. The average Bonchev–Trinajstić information content (AvgIpc) is 2.55. The highest BCUT2D eigenvalue weighted by molar-refractivity contribution is 6.10. The van der Waals surface area contributed by atoms with E-state index in [9.17, 15) is 19.5 Å². The summed E-state index contributed by atoms with van der Waals surface area (Å²) in [6, 6.07) is 9.69. The SMILES string of the molecule is CCOC(=O)C(C(=O)OCC)c1cccc2cccc(C(=O)O)c12. The van der Waals surface area contributed by atoms with Crippen molar-refractivity contribution in [2.45, 2.75) is 19.8 Å². The summed E-state index contributed by atoms with van der Waals surface area (Å²) >= 11 is 0. The quantitative estimate of drug-likeness (QED) is 0.647. The Morgan fingerprint density at radius 3 is 2.00 bits per heavy atom. The van der Waals surface area contributed by atoms with E-state index in [1.165, 1.54) is 6.07 Å². The number of carbonyl (C=O) groups excluding carboxylic acids is 2. The molecule has 0 bridgehead atoms. The van der Waals surface area contributed by atoms with Crippen molar-refractivity contribution in [2.24, 2.45) is 0 Å². The normalized spacial score (nSPS) is 10.6. The molecule has 126 valence electrons. The highest BCUT2D eigenvalue weighted by atomic mass is 16.6. The van der Waals surface area contributed by atoms with Crippen molar-refractivity contribution in [1.82, 2.24) is 0 Å². The van der Waals surface area contributed by atoms with Gasteiger partial charge in [-0.05, 0) is 30.9 Å². The number of hydrogen-bond donors (Lipinski definition) is 1. The van der Waals surface area contributed by atoms with E-state index in [0.29, 0.717) is 10.8 Å². The Kier molecular flexibility index (Phi) is 5.52. The van der Waals surface area contributed by atoms with Gasteiger partial charge in [0, 0.05) is 5.39 Å². The van der Waals surface area contributed by atoms with E-state index in [4.69, 9.17) is 9.47 Å². The maximum atomic E-state index is 12.3. The van der Waals surface area contributed by atoms with Crippen LogP contribution in [0.3, 0.4) is 0 Å². The molecule has 0 spiro atoms. The number of fused-ring (bicyclic) bond motifs is 1. The standard InChI is InChI=1S/C18H18O6/c1-3-23-17(21)15(18(22)24-4-2)12-9-5-7-11-8-6-10-13(14(11)12)16(19)20/h5-10,15H,3-4H2,1-2H3,(H,19,20). The summed E-state index contributed by atoms with van der Waals surface area (Å²) in [6.07, 6.45) is 0. The lowest BCUT2D eigenvalue weighted by Gasteiger charge is -2.17. The molecular weight excluding hydrogens is 312 g/mol. The van der Waals surface area contributed by atoms with E-state index >= 15 is 0 Å². The van der Waals surface area contributed by atoms with Crippen molar-refractivity contribution in [2.75, 3.05) is 13.2 Å². The first-order chi connectivity index (χ1) is 11.5. The zero-order valence-corrected chi connectivity index (χ0v) is 13.4. The largest absolute Gasteiger partial charge is 0.478 e. The second kappa shape index (κ2) is 7.59. The van der Waals surface area contributed by atoms with Crippen LogP contribution >= 0.6 is 0 Å². The van der Waals surface area contributed by atoms with Gasteiger partial charge in [0.25, 0.3) is 0 Å². The van der Waals surface area contributed by atoms with E-state index in [2.05, 4.69) is 0 Å². The number of esters is 2. The molecule has 0 heterocycles. The first-order valence-corrected chi connectivity index (χ1v) is 7.59. The maximum Gasteiger partial charge on any atom is 0.336 e. The summed E-state index contributed by atoms with van der Waals surface area (Å²) in [4.78, 5) is 36.2. The number of ether oxygens (including phenoxy) is 2. The van der Waals surface area contributed by atoms with Crippen LogP contribution < -0.4 is 0 Å². The van der Waals surface area contributed by atoms with Crippen molar-refractivity contribution in [3.8, 4) is 0 Å². The molecule has 0 aromatic heterocycles. The molecule has 2 aromatic carbocycles. The third kappa shape index (κ3) is 3.37. The van der Waals surface area contributed by atoms with Crippen LogP contribution in [0.4, 0.5) is 0 Å². The number of carboxylic acids is 1. The Morgan fingerprint density at radius 1 is 0.958 bits per heavy atom. The summed E-state index contributed by atoms with van der Waals surface area (Å²) in [5.41, 5.74) is 0.282. The zero-order chi connectivity index (χ0) is 17.7. The Hall–Kier alpha value is -2.89. The van der Waals surface area contributed by atoms with Gasteiger partial charge in [-0.1, -0.05) is 30.3 Å². The average molecular weight is 330 g/mol. The molecule has 0 aliphatic rings. The molecule has 2 rings (SSSR count). The minimum atomic E-state index is -1.32. The van der Waals surface area contributed by atoms with Crippen molar-refractivity contribution in [3.05, 3.63) is 47.5 Å². The molecule has 6 heteroatoms. The number of carbonyl (C=O) groups is 3. The van der Waals surface area contributed by atoms with E-state index in [0.717, 1.165) is 0 Å². The topological polar surface area (TPSA) is 89.9 Å². The van der Waals surface area contributed by atoms with Crippen molar-refractivity contribution >= 4 is 28.7 Å². The van der Waals surface area contributed by atoms with Gasteiger partial charge in [-0.25, -0.2) is 4.79 Å². The minimum absolute atomic E-state index is 0.0155. The highest BCUT2D eigenvalue weighted by Gasteiger charge is 2.33. The summed E-state index contributed by atoms with van der Waals surface area (Å²) < 4.78 is 9.98. The monoisotopic (exact) mass is 330 g/mol. The Morgan fingerprint density at radius 2 is 1.50 bits per heavy atom. The molecule has 0 atom stereocenters. The van der Waals surface area contributed by atoms with E-state index in [-0.39, 0.29) is 24.3 Å². The van der Waals surface area contributed by atoms with Gasteiger partial charge in [0.2, 0.25) is 0 Å². The fourth-order valence-corrected chi connectivity index (χ4v) is 2.59. The minimum Gasteiger partial charge on any atom is -0.478 e. The summed E-state index contributed by atoms with van der Waals surface area (Å²) in [6.45, 7) is 3.47. The van der Waals surface area contributed by atoms with Crippen LogP contribution in [0.1, 0.15) is 35.7 Å². The molecule has 24 heavy (non-hydrogen) atoms. The molecule has 0 saturated heterocycles. The molecule has 0 saturated carbocycles. The van der Waals surface area contributed by atoms with Gasteiger partial charge in [0.05, 0.1) is 18.8 Å². The molecule has 6 nitrogen and oxygen atoms in total. The second-order valence-electron chi connectivity index (χ2n) is 4.99. The van der Waals surface area contributed by atoms with Crippen LogP contribution in [0.2, 0.25) is 0 Å². The number of carboxylic acid groups (broad SMARTS) is 1. The lowest BCUT2D eigenvalue weighted by atomic mass is 9.90. The van der Waals surface area contributed by atoms with Gasteiger partial charge in [0.1, 0.15) is 0 Å². The number of rotatable bonds is 6. The second-order valence-corrected chi connectivity index (χ2v) is 4.99. The van der Waals surface area contributed by atoms with Crippen LogP contribution in [0.25, 0.3) is 10.8 Å². The van der Waals surface area contributed by atoms with Gasteiger partial charge in [-0.2, -0.15) is 0 Å². The fourth-order valence-electron chi connectivity index (χ4n) is 2.59. The van der Waals surface area contributed by atoms with Crippen LogP contribution in [0.15, 0.2) is 36.4 Å². The van der Waals surface area contributed by atoms with E-state index < -0.39 is 23.8 Å². The van der Waals surface area contributed by atoms with Gasteiger partial charge >= 0.3 is 17.9 Å². The lowest BCUT2D eigenvalue weighted by Crippen LogP contribution is -2.26. The summed E-state index contributed by atoms with van der Waals surface area (Å²) in [7, 11) is 0. The predicted molar refractivity (Wildman–Crippen MR) is 86.9 cm³/mol. The number of hydrogen-bond acceptors (Lipinski definition) is 5. The van der Waals surface area contributed by atoms with Gasteiger partial charge in [-0.15, -0.1) is 0 Å². The molecule has 0 fully saturated rings. The van der Waals surface area contributed by atoms with Crippen LogP contribution in [-0.4, -0.2) is 36.2 Å². The first-order valence-electron chi connectivity index (χ1n) is 7.59. The molecule has 2 aromatic rings. The lowest BCUT2D eigenvalue weighted by molar-refractivity contribution is -0.156. The Balaban J connectivity index is 2.71. The number of benzene rings is 2. The van der Waals surface area contributed by atoms with Gasteiger partial charge in [0.15, 0.2) is 5.92 Å². The summed E-state index contributed by atoms with van der Waals surface area (Å²) in [5.74, 6) is -3.99. The molecule has 1 N–H and O–H groups in total. The fraction of sp³-hybridized carbons (Fsp3) is 0.278. The molecule has 0 aliphatic carbocycles. The molecular formula is C18H18O6. The van der Waals surface area contributed by atoms with E-state index in [1.807, 2.05) is 0 Å². The molecule has 0 radical (unpaired) electrons. The van der Waals surface area contributed by atoms with Crippen molar-refractivity contribution in [3.63, 3.8) is 0 Å². The zero-order valence-electron chi connectivity index (χ0n) is 13.4. The third-order valence-corrected chi connectivity index (χ3v) is 3.52. The summed E-state index contributed by atoms with van der Waals surface area (Å²) in [5, 5.41) is 10.4. The van der Waals surface area contributed by atoms with Crippen molar-refractivity contribution < 1.29 is 29.0 Å². The first kappa shape index (κ1) is 17.5. The van der Waals surface area contributed by atoms with Crippen molar-refractivity contribution in [1.29, 1.82) is 0 Å². The smallest absolute Gasteiger partial charge is 0.336 e. The predicted octanol–water partition coefficient (Wildman–Crippen LogP) is 2.75. The van der Waals surface area contributed by atoms with Gasteiger partial charge in [-0.3, -0.25) is 9.59 Å². The Bertz CT molecular complexity index is 757. The van der Waals surface area contributed by atoms with Gasteiger partial charge < -0.3 is 14.6 Å². The molecule has 0 aliphatic heterocycles. The van der Waals surface area contributed by atoms with E-state index in [1.54, 1.807) is 44.2 Å². The van der Waals surface area contributed by atoms with Crippen LogP contribution in [0, 0.1) is 0 Å². The maximum absolute atomic E-state index is 12.3. The van der Waals surface area contributed by atoms with Crippen LogP contribution in [-0.2, 0) is 19.1 Å². The third-order valence-electron chi connectivity index (χ3n) is 3.52. The highest BCUT2D eigenvalue weighted by Crippen LogP contribution is 2.30. The Labute approximate surface area is 139 Å². The molecule has 0 unspecified atom stereocenters. The van der Waals surface area contributed by atoms with Crippen LogP contribution in [0.5, 0.6) is 0 Å². The molecule has 0 amide bonds.